The minimum Gasteiger partial charge on any atom is -0.478 e. The number of fused-ring (bicyclic) bond motifs is 1. The van der Waals surface area contributed by atoms with E-state index < -0.39 is 5.97 Å². The SMILES string of the molecule is Cc1ccc2ccccc2c1-c1ccc(Br)c(C(=O)O)c1. The van der Waals surface area contributed by atoms with Gasteiger partial charge in [-0.1, -0.05) is 42.5 Å². The third-order valence-corrected chi connectivity index (χ3v) is 4.31. The van der Waals surface area contributed by atoms with Crippen LogP contribution in [-0.2, 0) is 0 Å². The van der Waals surface area contributed by atoms with Crippen molar-refractivity contribution in [2.24, 2.45) is 0 Å². The van der Waals surface area contributed by atoms with Gasteiger partial charge in [-0.3, -0.25) is 0 Å². The summed E-state index contributed by atoms with van der Waals surface area (Å²) < 4.78 is 0.594. The van der Waals surface area contributed by atoms with Gasteiger partial charge in [-0.15, -0.1) is 0 Å². The van der Waals surface area contributed by atoms with Crippen LogP contribution in [0.3, 0.4) is 0 Å². The van der Waals surface area contributed by atoms with E-state index in [0.29, 0.717) is 4.47 Å². The lowest BCUT2D eigenvalue weighted by molar-refractivity contribution is 0.0696. The van der Waals surface area contributed by atoms with Crippen LogP contribution in [0.15, 0.2) is 59.1 Å². The van der Waals surface area contributed by atoms with Gasteiger partial charge in [0.2, 0.25) is 0 Å². The maximum atomic E-state index is 11.3. The van der Waals surface area contributed by atoms with Gasteiger partial charge in [0.15, 0.2) is 0 Å². The maximum absolute atomic E-state index is 11.3. The Bertz CT molecular complexity index is 853. The number of aromatic carboxylic acids is 1. The molecule has 0 spiro atoms. The summed E-state index contributed by atoms with van der Waals surface area (Å²) in [6.45, 7) is 2.05. The van der Waals surface area contributed by atoms with Crippen molar-refractivity contribution in [2.45, 2.75) is 6.92 Å². The number of halogens is 1. The molecule has 1 N–H and O–H groups in total. The van der Waals surface area contributed by atoms with Gasteiger partial charge < -0.3 is 5.11 Å². The normalized spacial score (nSPS) is 10.8. The highest BCUT2D eigenvalue weighted by atomic mass is 79.9. The molecule has 0 heterocycles. The van der Waals surface area contributed by atoms with Gasteiger partial charge >= 0.3 is 5.97 Å². The summed E-state index contributed by atoms with van der Waals surface area (Å²) in [6.07, 6.45) is 0. The van der Waals surface area contributed by atoms with E-state index >= 15 is 0 Å². The molecule has 0 unspecified atom stereocenters. The Morgan fingerprint density at radius 2 is 1.81 bits per heavy atom. The number of benzene rings is 3. The number of carboxylic acid groups (broad SMARTS) is 1. The van der Waals surface area contributed by atoms with Gasteiger partial charge in [0.05, 0.1) is 5.56 Å². The first-order valence-corrected chi connectivity index (χ1v) is 7.39. The average Bonchev–Trinajstić information content (AvgIpc) is 2.48. The molecule has 0 atom stereocenters. The molecule has 0 bridgehead atoms. The Morgan fingerprint density at radius 1 is 1.05 bits per heavy atom. The van der Waals surface area contributed by atoms with E-state index in [0.717, 1.165) is 27.5 Å². The average molecular weight is 341 g/mol. The quantitative estimate of drug-likeness (QED) is 0.689. The van der Waals surface area contributed by atoms with E-state index in [4.69, 9.17) is 0 Å². The first-order chi connectivity index (χ1) is 10.1. The van der Waals surface area contributed by atoms with Gasteiger partial charge in [-0.2, -0.15) is 0 Å². The summed E-state index contributed by atoms with van der Waals surface area (Å²) in [5.41, 5.74) is 3.42. The topological polar surface area (TPSA) is 37.3 Å². The van der Waals surface area contributed by atoms with Crippen LogP contribution in [0.4, 0.5) is 0 Å². The van der Waals surface area contributed by atoms with E-state index in [-0.39, 0.29) is 5.56 Å². The predicted octanol–water partition coefficient (Wildman–Crippen LogP) is 5.28. The van der Waals surface area contributed by atoms with E-state index in [1.165, 1.54) is 0 Å². The number of carboxylic acids is 1. The summed E-state index contributed by atoms with van der Waals surface area (Å²) in [4.78, 5) is 11.3. The van der Waals surface area contributed by atoms with E-state index in [2.05, 4.69) is 40.2 Å². The fraction of sp³-hybridized carbons (Fsp3) is 0.0556. The number of hydrogen-bond acceptors (Lipinski definition) is 1. The Kier molecular flexibility index (Phi) is 3.52. The fourth-order valence-corrected chi connectivity index (χ4v) is 3.02. The van der Waals surface area contributed by atoms with Crippen LogP contribution in [0.1, 0.15) is 15.9 Å². The van der Waals surface area contributed by atoms with Crippen molar-refractivity contribution in [3.05, 3.63) is 70.2 Å². The molecule has 0 aliphatic carbocycles. The third-order valence-electron chi connectivity index (χ3n) is 3.62. The van der Waals surface area contributed by atoms with Crippen molar-refractivity contribution in [1.82, 2.24) is 0 Å². The van der Waals surface area contributed by atoms with Crippen molar-refractivity contribution in [3.63, 3.8) is 0 Å². The molecular weight excluding hydrogens is 328 g/mol. The van der Waals surface area contributed by atoms with Crippen LogP contribution in [0, 0.1) is 6.92 Å². The first-order valence-electron chi connectivity index (χ1n) is 6.59. The molecule has 0 aliphatic rings. The highest BCUT2D eigenvalue weighted by molar-refractivity contribution is 9.10. The van der Waals surface area contributed by atoms with Crippen molar-refractivity contribution in [1.29, 1.82) is 0 Å². The molecule has 3 aromatic carbocycles. The van der Waals surface area contributed by atoms with Crippen LogP contribution in [0.5, 0.6) is 0 Å². The molecule has 0 radical (unpaired) electrons. The Morgan fingerprint density at radius 3 is 2.57 bits per heavy atom. The summed E-state index contributed by atoms with van der Waals surface area (Å²) in [5.74, 6) is -0.929. The molecule has 104 valence electrons. The molecule has 0 fully saturated rings. The molecule has 0 aromatic heterocycles. The van der Waals surface area contributed by atoms with Gasteiger partial charge in [0, 0.05) is 4.47 Å². The summed E-state index contributed by atoms with van der Waals surface area (Å²) in [7, 11) is 0. The standard InChI is InChI=1S/C18H13BrO2/c1-11-6-7-12-4-2-3-5-14(12)17(11)13-8-9-16(19)15(10-13)18(20)21/h2-10H,1H3,(H,20,21). The lowest BCUT2D eigenvalue weighted by Gasteiger charge is -2.12. The second-order valence-electron chi connectivity index (χ2n) is 4.98. The first kappa shape index (κ1) is 13.8. The molecule has 21 heavy (non-hydrogen) atoms. The predicted molar refractivity (Wildman–Crippen MR) is 88.8 cm³/mol. The highest BCUT2D eigenvalue weighted by Crippen LogP contribution is 2.33. The third kappa shape index (κ3) is 2.45. The highest BCUT2D eigenvalue weighted by Gasteiger charge is 2.13. The Balaban J connectivity index is 2.33. The fourth-order valence-electron chi connectivity index (χ4n) is 2.61. The molecule has 0 saturated carbocycles. The van der Waals surface area contributed by atoms with Crippen LogP contribution in [0.25, 0.3) is 21.9 Å². The lowest BCUT2D eigenvalue weighted by Crippen LogP contribution is -1.98. The van der Waals surface area contributed by atoms with Gasteiger partial charge in [-0.25, -0.2) is 4.79 Å². The second kappa shape index (κ2) is 5.34. The number of carbonyl (C=O) groups is 1. The zero-order chi connectivity index (χ0) is 15.0. The lowest BCUT2D eigenvalue weighted by atomic mass is 9.93. The molecule has 0 aliphatic heterocycles. The zero-order valence-corrected chi connectivity index (χ0v) is 13.0. The number of aryl methyl sites for hydroxylation is 1. The number of rotatable bonds is 2. The summed E-state index contributed by atoms with van der Waals surface area (Å²) in [5, 5.41) is 11.6. The number of hydrogen-bond donors (Lipinski definition) is 1. The molecular formula is C18H13BrO2. The van der Waals surface area contributed by atoms with Crippen molar-refractivity contribution < 1.29 is 9.90 Å². The Hall–Kier alpha value is -2.13. The molecule has 0 saturated heterocycles. The molecule has 3 heteroatoms. The smallest absolute Gasteiger partial charge is 0.336 e. The van der Waals surface area contributed by atoms with Crippen LogP contribution in [0.2, 0.25) is 0 Å². The van der Waals surface area contributed by atoms with Gasteiger partial charge in [0.25, 0.3) is 0 Å². The molecule has 2 nitrogen and oxygen atoms in total. The largest absolute Gasteiger partial charge is 0.478 e. The van der Waals surface area contributed by atoms with E-state index in [1.807, 2.05) is 25.1 Å². The minimum absolute atomic E-state index is 0.278. The van der Waals surface area contributed by atoms with E-state index in [1.54, 1.807) is 12.1 Å². The zero-order valence-electron chi connectivity index (χ0n) is 11.4. The van der Waals surface area contributed by atoms with Gasteiger partial charge in [-0.05, 0) is 62.4 Å². The second-order valence-corrected chi connectivity index (χ2v) is 5.83. The summed E-state index contributed by atoms with van der Waals surface area (Å²) in [6, 6.07) is 17.8. The van der Waals surface area contributed by atoms with Crippen molar-refractivity contribution in [3.8, 4) is 11.1 Å². The molecule has 3 aromatic rings. The van der Waals surface area contributed by atoms with Crippen molar-refractivity contribution >= 4 is 32.7 Å². The summed E-state index contributed by atoms with van der Waals surface area (Å²) >= 11 is 3.29. The molecule has 0 amide bonds. The maximum Gasteiger partial charge on any atom is 0.336 e. The molecule has 3 rings (SSSR count). The van der Waals surface area contributed by atoms with Crippen LogP contribution in [-0.4, -0.2) is 11.1 Å². The Labute approximate surface area is 131 Å². The minimum atomic E-state index is -0.929. The van der Waals surface area contributed by atoms with Crippen LogP contribution >= 0.6 is 15.9 Å². The van der Waals surface area contributed by atoms with Crippen LogP contribution < -0.4 is 0 Å². The monoisotopic (exact) mass is 340 g/mol. The van der Waals surface area contributed by atoms with Crippen molar-refractivity contribution in [2.75, 3.05) is 0 Å². The van der Waals surface area contributed by atoms with E-state index in [9.17, 15) is 9.90 Å². The van der Waals surface area contributed by atoms with Gasteiger partial charge in [0.1, 0.15) is 0 Å².